The molecule has 1 aliphatic rings. The number of aromatic nitrogens is 1. The van der Waals surface area contributed by atoms with Gasteiger partial charge in [-0.05, 0) is 42.3 Å². The third-order valence-electron chi connectivity index (χ3n) is 6.93. The molecule has 0 amide bonds. The number of hydrogen-bond acceptors (Lipinski definition) is 0. The Morgan fingerprint density at radius 2 is 1.03 bits per heavy atom. The molecule has 154 valence electrons. The fourth-order valence-electron chi connectivity index (χ4n) is 5.62. The fourth-order valence-corrected chi connectivity index (χ4v) is 5.62. The van der Waals surface area contributed by atoms with Crippen LogP contribution in [0.25, 0.3) is 61.1 Å². The van der Waals surface area contributed by atoms with Crippen molar-refractivity contribution in [2.75, 3.05) is 0 Å². The summed E-state index contributed by atoms with van der Waals surface area (Å²) in [6.07, 6.45) is 0. The smallest absolute Gasteiger partial charge is 0.151 e. The Kier molecular flexibility index (Phi) is 3.83. The van der Waals surface area contributed by atoms with Crippen molar-refractivity contribution in [2.24, 2.45) is 0 Å². The lowest BCUT2D eigenvalue weighted by Crippen LogP contribution is -2.27. The van der Waals surface area contributed by atoms with Gasteiger partial charge in [0.25, 0.3) is 0 Å². The molecule has 0 unspecified atom stereocenters. The fraction of sp³-hybridized carbons (Fsp3) is 0.0312. The van der Waals surface area contributed by atoms with E-state index < -0.39 is 0 Å². The maximum absolute atomic E-state index is 2.53. The van der Waals surface area contributed by atoms with E-state index in [9.17, 15) is 0 Å². The van der Waals surface area contributed by atoms with Gasteiger partial charge in [0.05, 0.1) is 27.6 Å². The second-order valence-electron chi connectivity index (χ2n) is 8.82. The predicted octanol–water partition coefficient (Wildman–Crippen LogP) is 7.87. The van der Waals surface area contributed by atoms with E-state index in [1.54, 1.807) is 0 Å². The highest BCUT2D eigenvalue weighted by Crippen LogP contribution is 2.47. The van der Waals surface area contributed by atoms with Crippen molar-refractivity contribution >= 4 is 16.3 Å². The van der Waals surface area contributed by atoms with Gasteiger partial charge in [0.2, 0.25) is 16.9 Å². The van der Waals surface area contributed by atoms with Crippen LogP contribution >= 0.6 is 0 Å². The molecule has 7 rings (SSSR count). The Bertz CT molecular complexity index is 1700. The molecular weight excluding hydrogens is 398 g/mol. The third kappa shape index (κ3) is 2.51. The van der Waals surface area contributed by atoms with Crippen LogP contribution in [0.3, 0.4) is 0 Å². The van der Waals surface area contributed by atoms with Crippen LogP contribution in [0.4, 0.5) is 0 Å². The summed E-state index contributed by atoms with van der Waals surface area (Å²) < 4.78 is 2.53. The number of fused-ring (bicyclic) bond motifs is 5. The molecule has 1 heteroatoms. The quantitative estimate of drug-likeness (QED) is 0.198. The molecule has 6 aromatic rings. The van der Waals surface area contributed by atoms with Crippen molar-refractivity contribution in [3.63, 3.8) is 0 Å². The van der Waals surface area contributed by atoms with Gasteiger partial charge in [-0.25, -0.2) is 0 Å². The van der Waals surface area contributed by atoms with Gasteiger partial charge in [0.15, 0.2) is 0 Å². The molecule has 0 radical (unpaired) electrons. The Hall–Kier alpha value is -4.23. The van der Waals surface area contributed by atoms with Crippen LogP contribution in [0.1, 0.15) is 5.56 Å². The molecule has 0 N–H and O–H groups in total. The molecule has 2 aromatic heterocycles. The highest BCUT2D eigenvalue weighted by molar-refractivity contribution is 6.12. The van der Waals surface area contributed by atoms with Crippen LogP contribution in [0.15, 0.2) is 115 Å². The van der Waals surface area contributed by atoms with E-state index in [2.05, 4.69) is 127 Å². The van der Waals surface area contributed by atoms with Gasteiger partial charge in [-0.15, -0.1) is 0 Å². The van der Waals surface area contributed by atoms with Gasteiger partial charge >= 0.3 is 0 Å². The van der Waals surface area contributed by atoms with Crippen LogP contribution in [-0.2, 0) is 0 Å². The van der Waals surface area contributed by atoms with E-state index in [0.717, 1.165) is 0 Å². The van der Waals surface area contributed by atoms with E-state index in [0.29, 0.717) is 0 Å². The second kappa shape index (κ2) is 6.88. The zero-order chi connectivity index (χ0) is 21.9. The summed E-state index contributed by atoms with van der Waals surface area (Å²) in [5, 5.41) is 2.58. The predicted molar refractivity (Wildman–Crippen MR) is 137 cm³/mol. The first-order chi connectivity index (χ1) is 16.3. The number of pyridine rings is 2. The van der Waals surface area contributed by atoms with Crippen LogP contribution in [0.5, 0.6) is 0 Å². The van der Waals surface area contributed by atoms with E-state index in [1.807, 2.05) is 0 Å². The molecule has 1 aliphatic heterocycles. The van der Waals surface area contributed by atoms with Gasteiger partial charge in [0.1, 0.15) is 0 Å². The minimum absolute atomic E-state index is 1.25. The van der Waals surface area contributed by atoms with E-state index in [-0.39, 0.29) is 0 Å². The molecule has 0 saturated heterocycles. The van der Waals surface area contributed by atoms with Crippen LogP contribution in [0, 0.1) is 6.92 Å². The number of hydrogen-bond donors (Lipinski definition) is 0. The van der Waals surface area contributed by atoms with E-state index >= 15 is 0 Å². The summed E-state index contributed by atoms with van der Waals surface area (Å²) in [6, 6.07) is 41.8. The monoisotopic (exact) mass is 420 g/mol. The first-order valence-electron chi connectivity index (χ1n) is 11.5. The number of rotatable bonds is 2. The lowest BCUT2D eigenvalue weighted by molar-refractivity contribution is -0.481. The largest absolute Gasteiger partial charge is 0.228 e. The van der Waals surface area contributed by atoms with Gasteiger partial charge < -0.3 is 0 Å². The van der Waals surface area contributed by atoms with Crippen LogP contribution in [-0.4, -0.2) is 0 Å². The average Bonchev–Trinajstić information content (AvgIpc) is 3.22. The number of benzene rings is 4. The molecule has 4 aromatic carbocycles. The van der Waals surface area contributed by atoms with Gasteiger partial charge in [-0.2, -0.15) is 4.40 Å². The molecule has 1 nitrogen and oxygen atoms in total. The lowest BCUT2D eigenvalue weighted by Gasteiger charge is -2.13. The summed E-state index contributed by atoms with van der Waals surface area (Å²) in [7, 11) is 0. The topological polar surface area (TPSA) is 4.10 Å². The van der Waals surface area contributed by atoms with E-state index in [1.165, 1.54) is 66.6 Å². The maximum atomic E-state index is 2.53. The van der Waals surface area contributed by atoms with Crippen molar-refractivity contribution < 1.29 is 4.40 Å². The van der Waals surface area contributed by atoms with Gasteiger partial charge in [0, 0.05) is 10.9 Å². The van der Waals surface area contributed by atoms with Crippen molar-refractivity contribution in [3.8, 4) is 44.8 Å². The summed E-state index contributed by atoms with van der Waals surface area (Å²) in [4.78, 5) is 0. The highest BCUT2D eigenvalue weighted by Gasteiger charge is 2.38. The molecule has 0 spiro atoms. The standard InChI is InChI=1S/C32H22N/c1-21-20-28(22-12-4-2-5-13-22)31-25-17-9-8-16-24(25)29(23-14-6-3-7-15-23)32-27-19-11-10-18-26(27)30(21)33(31)32/h2-20H,1H3/q+1. The van der Waals surface area contributed by atoms with Crippen molar-refractivity contribution in [2.45, 2.75) is 6.92 Å². The molecular formula is C32H22N+. The molecule has 3 heterocycles. The van der Waals surface area contributed by atoms with Crippen molar-refractivity contribution in [1.82, 2.24) is 0 Å². The zero-order valence-electron chi connectivity index (χ0n) is 18.4. The summed E-state index contributed by atoms with van der Waals surface area (Å²) in [5.41, 5.74) is 12.9. The van der Waals surface area contributed by atoms with Gasteiger partial charge in [-0.3, -0.25) is 0 Å². The zero-order valence-corrected chi connectivity index (χ0v) is 18.4. The summed E-state index contributed by atoms with van der Waals surface area (Å²) in [6.45, 7) is 2.25. The molecule has 0 aliphatic carbocycles. The summed E-state index contributed by atoms with van der Waals surface area (Å²) in [5.74, 6) is 0. The Morgan fingerprint density at radius 3 is 1.73 bits per heavy atom. The Balaban J connectivity index is 1.80. The van der Waals surface area contributed by atoms with Crippen molar-refractivity contribution in [1.29, 1.82) is 0 Å². The number of nitrogens with zero attached hydrogens (tertiary/aromatic N) is 1. The Labute approximate surface area is 193 Å². The Morgan fingerprint density at radius 1 is 0.485 bits per heavy atom. The summed E-state index contributed by atoms with van der Waals surface area (Å²) >= 11 is 0. The maximum Gasteiger partial charge on any atom is 0.228 e. The lowest BCUT2D eigenvalue weighted by atomic mass is 9.92. The molecule has 0 bridgehead atoms. The molecule has 33 heavy (non-hydrogen) atoms. The first kappa shape index (κ1) is 18.4. The molecule has 0 fully saturated rings. The minimum Gasteiger partial charge on any atom is -0.151 e. The second-order valence-corrected chi connectivity index (χ2v) is 8.82. The normalized spacial score (nSPS) is 11.8. The highest BCUT2D eigenvalue weighted by atomic mass is 14.9. The van der Waals surface area contributed by atoms with Gasteiger partial charge in [-0.1, -0.05) is 91.0 Å². The third-order valence-corrected chi connectivity index (χ3v) is 6.93. The van der Waals surface area contributed by atoms with E-state index in [4.69, 9.17) is 0 Å². The van der Waals surface area contributed by atoms with Crippen LogP contribution < -0.4 is 4.40 Å². The SMILES string of the molecule is Cc1cc(-c2ccccc2)c2c3ccccc3c(-c3ccccc3)c3[n+]2c1-c1ccccc1-3. The first-order valence-corrected chi connectivity index (χ1v) is 11.5. The molecule has 0 atom stereocenters. The van der Waals surface area contributed by atoms with Crippen molar-refractivity contribution in [3.05, 3.63) is 121 Å². The molecule has 0 saturated carbocycles. The number of aryl methyl sites for hydroxylation is 1. The van der Waals surface area contributed by atoms with Crippen LogP contribution in [0.2, 0.25) is 0 Å². The average molecular weight is 421 g/mol. The minimum atomic E-state index is 1.25.